The molecule has 0 aliphatic carbocycles. The number of H-pyrrole nitrogens is 1. The van der Waals surface area contributed by atoms with Gasteiger partial charge >= 0.3 is 0 Å². The number of para-hydroxylation sites is 1. The third-order valence-corrected chi connectivity index (χ3v) is 7.71. The maximum atomic E-state index is 15.9. The van der Waals surface area contributed by atoms with Crippen LogP contribution in [-0.4, -0.2) is 58.3 Å². The van der Waals surface area contributed by atoms with Crippen LogP contribution in [0, 0.1) is 11.6 Å². The number of halogens is 3. The van der Waals surface area contributed by atoms with Crippen LogP contribution in [0.25, 0.3) is 10.9 Å². The fourth-order valence-electron chi connectivity index (χ4n) is 6.17. The maximum absolute atomic E-state index is 15.9. The number of likely N-dealkylation sites (tertiary alicyclic amines) is 1. The summed E-state index contributed by atoms with van der Waals surface area (Å²) < 4.78 is 52.8. The van der Waals surface area contributed by atoms with Crippen molar-refractivity contribution < 1.29 is 17.9 Å². The Hall–Kier alpha value is -2.51. The fourth-order valence-corrected chi connectivity index (χ4v) is 6.17. The molecule has 7 heteroatoms. The van der Waals surface area contributed by atoms with Crippen molar-refractivity contribution in [2.24, 2.45) is 0 Å². The van der Waals surface area contributed by atoms with Gasteiger partial charge in [-0.05, 0) is 58.7 Å². The highest BCUT2D eigenvalue weighted by Gasteiger charge is 2.43. The van der Waals surface area contributed by atoms with Gasteiger partial charge in [-0.3, -0.25) is 9.80 Å². The first-order chi connectivity index (χ1) is 17.5. The molecule has 1 N–H and O–H groups in total. The third kappa shape index (κ3) is 5.13. The van der Waals surface area contributed by atoms with Crippen LogP contribution in [0.15, 0.2) is 36.4 Å². The number of hydrogen-bond donors (Lipinski definition) is 1. The minimum absolute atomic E-state index is 0.0520. The number of ether oxygens (including phenoxy) is 1. The molecule has 0 saturated carbocycles. The second kappa shape index (κ2) is 9.66. The van der Waals surface area contributed by atoms with Crippen LogP contribution in [-0.2, 0) is 6.42 Å². The lowest BCUT2D eigenvalue weighted by atomic mass is 9.87. The zero-order chi connectivity index (χ0) is 26.5. The van der Waals surface area contributed by atoms with E-state index in [9.17, 15) is 4.39 Å². The van der Waals surface area contributed by atoms with Crippen LogP contribution in [0.4, 0.5) is 13.2 Å². The molecule has 1 fully saturated rings. The van der Waals surface area contributed by atoms with E-state index < -0.39 is 28.9 Å². The third-order valence-electron chi connectivity index (χ3n) is 7.71. The van der Waals surface area contributed by atoms with Crippen molar-refractivity contribution in [1.29, 1.82) is 0 Å². The van der Waals surface area contributed by atoms with E-state index in [0.29, 0.717) is 6.42 Å². The summed E-state index contributed by atoms with van der Waals surface area (Å²) in [6, 6.07) is 9.58. The first-order valence-corrected chi connectivity index (χ1v) is 13.4. The Morgan fingerprint density at radius 1 is 1.14 bits per heavy atom. The predicted molar refractivity (Wildman–Crippen MR) is 142 cm³/mol. The number of fused-ring (bicyclic) bond motifs is 3. The van der Waals surface area contributed by atoms with E-state index in [-0.39, 0.29) is 23.9 Å². The Kier molecular flexibility index (Phi) is 6.82. The summed E-state index contributed by atoms with van der Waals surface area (Å²) in [4.78, 5) is 7.59. The molecule has 1 aromatic heterocycles. The Bertz CT molecular complexity index is 1250. The van der Waals surface area contributed by atoms with Gasteiger partial charge in [0.25, 0.3) is 0 Å². The van der Waals surface area contributed by atoms with Gasteiger partial charge in [0.05, 0.1) is 6.04 Å². The van der Waals surface area contributed by atoms with Gasteiger partial charge in [-0.2, -0.15) is 0 Å². The van der Waals surface area contributed by atoms with Gasteiger partial charge in [0.1, 0.15) is 28.7 Å². The highest BCUT2D eigenvalue weighted by atomic mass is 19.1. The number of alkyl halides is 1. The molecule has 0 spiro atoms. The molecule has 3 heterocycles. The van der Waals surface area contributed by atoms with Gasteiger partial charge < -0.3 is 9.72 Å². The van der Waals surface area contributed by atoms with Crippen LogP contribution in [0.3, 0.4) is 0 Å². The predicted octanol–water partition coefficient (Wildman–Crippen LogP) is 6.78. The number of rotatable bonds is 8. The molecule has 0 radical (unpaired) electrons. The molecule has 37 heavy (non-hydrogen) atoms. The van der Waals surface area contributed by atoms with Crippen molar-refractivity contribution in [3.63, 3.8) is 0 Å². The molecular weight excluding hydrogens is 475 g/mol. The van der Waals surface area contributed by atoms with E-state index in [4.69, 9.17) is 4.74 Å². The molecule has 0 bridgehead atoms. The van der Waals surface area contributed by atoms with Crippen molar-refractivity contribution >= 4 is 10.9 Å². The molecule has 200 valence electrons. The lowest BCUT2D eigenvalue weighted by Crippen LogP contribution is -2.63. The van der Waals surface area contributed by atoms with E-state index in [1.54, 1.807) is 0 Å². The molecule has 0 amide bonds. The maximum Gasteiger partial charge on any atom is 0.135 e. The van der Waals surface area contributed by atoms with E-state index >= 15 is 8.78 Å². The summed E-state index contributed by atoms with van der Waals surface area (Å²) in [5, 5.41) is 1.04. The molecule has 2 aliphatic heterocycles. The lowest BCUT2D eigenvalue weighted by Gasteiger charge is -2.47. The van der Waals surface area contributed by atoms with Crippen LogP contribution in [0.5, 0.6) is 5.75 Å². The lowest BCUT2D eigenvalue weighted by molar-refractivity contribution is -0.0637. The second-order valence-electron chi connectivity index (χ2n) is 11.8. The standard InChI is InChI=1S/C30H38F3N3O/c1-6-7-12-35-17-30(5,18-35)37-20-14-23(31)26(24(32)15-20)28-27-22(21-10-8-9-11-25(21)34-27)13-19(2)36(28)16-29(3,4)33/h8-11,14-15,19,28,34H,6-7,12-13,16-18H2,1-5H3/t19-,28-/m1/s1. The summed E-state index contributed by atoms with van der Waals surface area (Å²) in [6.07, 6.45) is 2.92. The molecule has 4 nitrogen and oxygen atoms in total. The van der Waals surface area contributed by atoms with Crippen molar-refractivity contribution in [1.82, 2.24) is 14.8 Å². The zero-order valence-electron chi connectivity index (χ0n) is 22.5. The summed E-state index contributed by atoms with van der Waals surface area (Å²) in [5.41, 5.74) is 0.606. The second-order valence-corrected chi connectivity index (χ2v) is 11.8. The Morgan fingerprint density at radius 2 is 1.81 bits per heavy atom. The van der Waals surface area contributed by atoms with Crippen molar-refractivity contribution in [2.75, 3.05) is 26.2 Å². The fraction of sp³-hybridized carbons (Fsp3) is 0.533. The normalized spacial score (nSPS) is 22.2. The van der Waals surface area contributed by atoms with E-state index in [1.165, 1.54) is 26.0 Å². The summed E-state index contributed by atoms with van der Waals surface area (Å²) in [5.74, 6) is -1.16. The van der Waals surface area contributed by atoms with Crippen LogP contribution < -0.4 is 4.74 Å². The quantitative estimate of drug-likeness (QED) is 0.360. The van der Waals surface area contributed by atoms with Crippen molar-refractivity contribution in [3.8, 4) is 5.75 Å². The molecular formula is C30H38F3N3O. The summed E-state index contributed by atoms with van der Waals surface area (Å²) in [7, 11) is 0. The van der Waals surface area contributed by atoms with Crippen molar-refractivity contribution in [2.45, 2.75) is 77.2 Å². The number of aromatic amines is 1. The first kappa shape index (κ1) is 26.1. The van der Waals surface area contributed by atoms with Crippen LogP contribution in [0.2, 0.25) is 0 Å². The molecule has 2 atom stereocenters. The van der Waals surface area contributed by atoms with Gasteiger partial charge in [0, 0.05) is 60.0 Å². The largest absolute Gasteiger partial charge is 0.485 e. The zero-order valence-corrected chi connectivity index (χ0v) is 22.5. The number of unbranched alkanes of at least 4 members (excludes halogenated alkanes) is 1. The van der Waals surface area contributed by atoms with Crippen LogP contribution >= 0.6 is 0 Å². The first-order valence-electron chi connectivity index (χ1n) is 13.4. The van der Waals surface area contributed by atoms with Crippen molar-refractivity contribution in [3.05, 3.63) is 64.9 Å². The van der Waals surface area contributed by atoms with Gasteiger partial charge in [-0.1, -0.05) is 31.5 Å². The monoisotopic (exact) mass is 513 g/mol. The number of nitrogens with one attached hydrogen (secondary N) is 1. The summed E-state index contributed by atoms with van der Waals surface area (Å²) in [6.45, 7) is 11.7. The Balaban J connectivity index is 1.51. The highest BCUT2D eigenvalue weighted by Crippen LogP contribution is 2.44. The topological polar surface area (TPSA) is 31.5 Å². The number of benzene rings is 2. The van der Waals surface area contributed by atoms with Crippen LogP contribution in [0.1, 0.15) is 70.3 Å². The molecule has 1 saturated heterocycles. The smallest absolute Gasteiger partial charge is 0.135 e. The molecule has 2 aliphatic rings. The average molecular weight is 514 g/mol. The van der Waals surface area contributed by atoms with Gasteiger partial charge in [0.2, 0.25) is 0 Å². The molecule has 2 aromatic carbocycles. The molecule has 0 unspecified atom stereocenters. The Labute approximate surface area is 217 Å². The number of aromatic nitrogens is 1. The summed E-state index contributed by atoms with van der Waals surface area (Å²) >= 11 is 0. The number of nitrogens with zero attached hydrogens (tertiary/aromatic N) is 2. The average Bonchev–Trinajstić information content (AvgIpc) is 3.15. The van der Waals surface area contributed by atoms with Gasteiger partial charge in [-0.25, -0.2) is 13.2 Å². The number of hydrogen-bond acceptors (Lipinski definition) is 3. The minimum atomic E-state index is -1.53. The molecule has 3 aromatic rings. The highest BCUT2D eigenvalue weighted by molar-refractivity contribution is 5.85. The van der Waals surface area contributed by atoms with Gasteiger partial charge in [0.15, 0.2) is 0 Å². The van der Waals surface area contributed by atoms with E-state index in [1.807, 2.05) is 43.0 Å². The minimum Gasteiger partial charge on any atom is -0.485 e. The SMILES string of the molecule is CCCCN1CC(C)(Oc2cc(F)c([C@@H]3c4[nH]c5ccccc5c4C[C@@H](C)N3CC(C)(C)F)c(F)c2)C1. The van der Waals surface area contributed by atoms with E-state index in [2.05, 4.69) is 16.8 Å². The van der Waals surface area contributed by atoms with Gasteiger partial charge in [-0.15, -0.1) is 0 Å². The van der Waals surface area contributed by atoms with E-state index in [0.717, 1.165) is 54.6 Å². The molecule has 5 rings (SSSR count). The Morgan fingerprint density at radius 3 is 2.46 bits per heavy atom.